The number of nitrogens with zero attached hydrogens (tertiary/aromatic N) is 4. The molecule has 0 atom stereocenters. The monoisotopic (exact) mass is 223 g/mol. The summed E-state index contributed by atoms with van der Waals surface area (Å²) in [5.74, 6) is 0.302. The molecule has 16 heavy (non-hydrogen) atoms. The minimum Gasteiger partial charge on any atom is -0.330 e. The van der Waals surface area contributed by atoms with Gasteiger partial charge in [-0.05, 0) is 7.05 Å². The van der Waals surface area contributed by atoms with Crippen LogP contribution in [0.1, 0.15) is 10.6 Å². The second-order valence-electron chi connectivity index (χ2n) is 4.09. The van der Waals surface area contributed by atoms with Gasteiger partial charge in [-0.3, -0.25) is 10.2 Å². The van der Waals surface area contributed by atoms with Crippen LogP contribution in [0.15, 0.2) is 12.4 Å². The predicted octanol–water partition coefficient (Wildman–Crippen LogP) is -0.688. The molecule has 0 aromatic carbocycles. The molecule has 1 amide bonds. The van der Waals surface area contributed by atoms with Gasteiger partial charge in [0.25, 0.3) is 0 Å². The maximum Gasteiger partial charge on any atom is 0.301 e. The van der Waals surface area contributed by atoms with Crippen LogP contribution in [0, 0.1) is 0 Å². The van der Waals surface area contributed by atoms with E-state index in [4.69, 9.17) is 0 Å². The Morgan fingerprint density at radius 1 is 1.31 bits per heavy atom. The van der Waals surface area contributed by atoms with Crippen molar-refractivity contribution in [3.8, 4) is 0 Å². The van der Waals surface area contributed by atoms with Crippen molar-refractivity contribution in [3.05, 3.63) is 18.2 Å². The van der Waals surface area contributed by atoms with Crippen molar-refractivity contribution in [1.29, 1.82) is 0 Å². The van der Waals surface area contributed by atoms with Gasteiger partial charge in [0.2, 0.25) is 0 Å². The van der Waals surface area contributed by atoms with E-state index in [0.717, 1.165) is 26.2 Å². The summed E-state index contributed by atoms with van der Waals surface area (Å²) in [7, 11) is 3.89. The van der Waals surface area contributed by atoms with Crippen LogP contribution < -0.4 is 5.43 Å². The minimum atomic E-state index is -0.142. The number of piperazine rings is 1. The Morgan fingerprint density at radius 2 is 2.00 bits per heavy atom. The molecule has 88 valence electrons. The van der Waals surface area contributed by atoms with Crippen LogP contribution in [0.2, 0.25) is 0 Å². The summed E-state index contributed by atoms with van der Waals surface area (Å²) < 4.78 is 1.71. The zero-order valence-corrected chi connectivity index (χ0v) is 9.68. The van der Waals surface area contributed by atoms with E-state index in [9.17, 15) is 4.79 Å². The van der Waals surface area contributed by atoms with E-state index < -0.39 is 0 Å². The van der Waals surface area contributed by atoms with E-state index in [-0.39, 0.29) is 5.91 Å². The van der Waals surface area contributed by atoms with Crippen molar-refractivity contribution in [2.75, 3.05) is 33.2 Å². The highest BCUT2D eigenvalue weighted by Crippen LogP contribution is 1.98. The number of carbonyl (C=O) groups is 1. The SMILES string of the molecule is CN1CCN(NC(=O)c2nccn2C)CC1. The third-order valence-electron chi connectivity index (χ3n) is 2.79. The predicted molar refractivity (Wildman–Crippen MR) is 59.7 cm³/mol. The molecule has 1 N–H and O–H groups in total. The van der Waals surface area contributed by atoms with Gasteiger partial charge < -0.3 is 9.47 Å². The quantitative estimate of drug-likeness (QED) is 0.721. The lowest BCUT2D eigenvalue weighted by Gasteiger charge is -2.32. The molecule has 1 saturated heterocycles. The zero-order chi connectivity index (χ0) is 11.5. The van der Waals surface area contributed by atoms with Gasteiger partial charge in [-0.2, -0.15) is 0 Å². The fourth-order valence-electron chi connectivity index (χ4n) is 1.70. The van der Waals surface area contributed by atoms with Gasteiger partial charge in [0.05, 0.1) is 0 Å². The van der Waals surface area contributed by atoms with Gasteiger partial charge in [-0.1, -0.05) is 0 Å². The molecule has 0 radical (unpaired) electrons. The molecule has 0 bridgehead atoms. The molecule has 2 heterocycles. The van der Waals surface area contributed by atoms with Gasteiger partial charge in [-0.15, -0.1) is 0 Å². The largest absolute Gasteiger partial charge is 0.330 e. The van der Waals surface area contributed by atoms with Gasteiger partial charge in [-0.25, -0.2) is 9.99 Å². The van der Waals surface area contributed by atoms with Gasteiger partial charge in [0, 0.05) is 45.6 Å². The van der Waals surface area contributed by atoms with Gasteiger partial charge >= 0.3 is 5.91 Å². The molecule has 0 spiro atoms. The highest BCUT2D eigenvalue weighted by Gasteiger charge is 2.18. The molecule has 1 aliphatic heterocycles. The lowest BCUT2D eigenvalue weighted by molar-refractivity contribution is 0.0649. The Bertz CT molecular complexity index is 367. The summed E-state index contributed by atoms with van der Waals surface area (Å²) in [6.07, 6.45) is 3.39. The average molecular weight is 223 g/mol. The third kappa shape index (κ3) is 2.40. The van der Waals surface area contributed by atoms with Crippen molar-refractivity contribution in [1.82, 2.24) is 24.9 Å². The first-order valence-electron chi connectivity index (χ1n) is 5.38. The molecule has 1 fully saturated rings. The summed E-state index contributed by atoms with van der Waals surface area (Å²) in [6.45, 7) is 3.65. The van der Waals surface area contributed by atoms with E-state index in [1.165, 1.54) is 0 Å². The van der Waals surface area contributed by atoms with E-state index >= 15 is 0 Å². The molecule has 0 aliphatic carbocycles. The molecule has 0 saturated carbocycles. The number of rotatable bonds is 2. The Kier molecular flexibility index (Phi) is 3.21. The van der Waals surface area contributed by atoms with Crippen LogP contribution in [0.25, 0.3) is 0 Å². The van der Waals surface area contributed by atoms with Crippen LogP contribution in [0.5, 0.6) is 0 Å². The molecular weight excluding hydrogens is 206 g/mol. The molecule has 1 aliphatic rings. The molecule has 6 heteroatoms. The summed E-state index contributed by atoms with van der Waals surface area (Å²) in [5, 5.41) is 1.94. The maximum absolute atomic E-state index is 11.8. The number of aryl methyl sites for hydroxylation is 1. The van der Waals surface area contributed by atoms with Crippen molar-refractivity contribution >= 4 is 5.91 Å². The summed E-state index contributed by atoms with van der Waals surface area (Å²) in [5.41, 5.74) is 2.87. The fraction of sp³-hybridized carbons (Fsp3) is 0.600. The number of amides is 1. The highest BCUT2D eigenvalue weighted by molar-refractivity contribution is 5.90. The van der Waals surface area contributed by atoms with Crippen molar-refractivity contribution in [3.63, 3.8) is 0 Å². The average Bonchev–Trinajstić information content (AvgIpc) is 2.68. The molecule has 2 rings (SSSR count). The van der Waals surface area contributed by atoms with Crippen LogP contribution in [-0.2, 0) is 7.05 Å². The van der Waals surface area contributed by atoms with Crippen molar-refractivity contribution in [2.45, 2.75) is 0 Å². The van der Waals surface area contributed by atoms with Crippen LogP contribution in [0.3, 0.4) is 0 Å². The molecule has 1 aromatic rings. The lowest BCUT2D eigenvalue weighted by atomic mass is 10.4. The van der Waals surface area contributed by atoms with Crippen LogP contribution >= 0.6 is 0 Å². The number of imidazole rings is 1. The summed E-state index contributed by atoms with van der Waals surface area (Å²) in [4.78, 5) is 18.1. The first-order valence-corrected chi connectivity index (χ1v) is 5.38. The number of likely N-dealkylation sites (N-methyl/N-ethyl adjacent to an activating group) is 1. The number of hydrogen-bond acceptors (Lipinski definition) is 4. The van der Waals surface area contributed by atoms with E-state index in [0.29, 0.717) is 5.82 Å². The first kappa shape index (κ1) is 11.1. The zero-order valence-electron chi connectivity index (χ0n) is 9.68. The third-order valence-corrected chi connectivity index (χ3v) is 2.79. The smallest absolute Gasteiger partial charge is 0.301 e. The number of carbonyl (C=O) groups excluding carboxylic acids is 1. The minimum absolute atomic E-state index is 0.142. The van der Waals surface area contributed by atoms with Crippen molar-refractivity contribution in [2.24, 2.45) is 7.05 Å². The van der Waals surface area contributed by atoms with E-state index in [2.05, 4.69) is 22.4 Å². The number of hydrogen-bond donors (Lipinski definition) is 1. The van der Waals surface area contributed by atoms with E-state index in [1.807, 2.05) is 12.1 Å². The second-order valence-corrected chi connectivity index (χ2v) is 4.09. The van der Waals surface area contributed by atoms with Gasteiger partial charge in [0.1, 0.15) is 0 Å². The van der Waals surface area contributed by atoms with Crippen LogP contribution in [-0.4, -0.2) is 58.6 Å². The Labute approximate surface area is 94.8 Å². The number of hydrazine groups is 1. The molecular formula is C10H17N5O. The van der Waals surface area contributed by atoms with Gasteiger partial charge in [0.15, 0.2) is 5.82 Å². The lowest BCUT2D eigenvalue weighted by Crippen LogP contribution is -2.52. The molecule has 0 unspecified atom stereocenters. The molecule has 6 nitrogen and oxygen atoms in total. The van der Waals surface area contributed by atoms with Crippen LogP contribution in [0.4, 0.5) is 0 Å². The summed E-state index contributed by atoms with van der Waals surface area (Å²) in [6, 6.07) is 0. The fourth-order valence-corrected chi connectivity index (χ4v) is 1.70. The highest BCUT2D eigenvalue weighted by atomic mass is 16.2. The normalized spacial score (nSPS) is 18.6. The summed E-state index contributed by atoms with van der Waals surface area (Å²) >= 11 is 0. The van der Waals surface area contributed by atoms with Crippen molar-refractivity contribution < 1.29 is 4.79 Å². The molecule has 1 aromatic heterocycles. The first-order chi connectivity index (χ1) is 7.66. The maximum atomic E-state index is 11.8. The standard InChI is InChI=1S/C10H17N5O/c1-13-5-7-15(8-6-13)12-10(16)9-11-3-4-14(9)2/h3-4H,5-8H2,1-2H3,(H,12,16). The number of aromatic nitrogens is 2. The Hall–Kier alpha value is -1.40. The van der Waals surface area contributed by atoms with E-state index in [1.54, 1.807) is 17.0 Å². The Morgan fingerprint density at radius 3 is 2.56 bits per heavy atom. The second kappa shape index (κ2) is 4.63. The number of nitrogens with one attached hydrogen (secondary N) is 1. The topological polar surface area (TPSA) is 53.4 Å². The Balaban J connectivity index is 1.91.